The van der Waals surface area contributed by atoms with E-state index in [1.807, 2.05) is 36.5 Å². The molecule has 0 saturated heterocycles. The number of unbranched alkanes of at least 4 members (excludes halogenated alkanes) is 18. The van der Waals surface area contributed by atoms with E-state index in [-0.39, 0.29) is 32.6 Å². The first-order valence-electron chi connectivity index (χ1n) is 23.5. The number of aliphatic hydroxyl groups excluding tert-OH is 1. The van der Waals surface area contributed by atoms with E-state index in [4.69, 9.17) is 24.3 Å². The van der Waals surface area contributed by atoms with E-state index in [2.05, 4.69) is 44.2 Å². The second-order valence-electron chi connectivity index (χ2n) is 15.4. The Hall–Kier alpha value is -2.59. The van der Waals surface area contributed by atoms with E-state index in [0.29, 0.717) is 25.7 Å². The van der Waals surface area contributed by atoms with Crippen molar-refractivity contribution in [2.75, 3.05) is 26.4 Å². The average molecular weight is 864 g/mol. The molecule has 3 atom stereocenters. The Labute approximate surface area is 365 Å². The summed E-state index contributed by atoms with van der Waals surface area (Å²) in [5.41, 5.74) is 5.35. The van der Waals surface area contributed by atoms with Gasteiger partial charge in [-0.2, -0.15) is 0 Å². The molecule has 0 aromatic rings. The van der Waals surface area contributed by atoms with E-state index in [1.165, 1.54) is 96.3 Å². The van der Waals surface area contributed by atoms with Crippen LogP contribution in [-0.4, -0.2) is 60.5 Å². The van der Waals surface area contributed by atoms with Crippen LogP contribution in [0.4, 0.5) is 0 Å². The number of carbonyl (C=O) groups is 2. The van der Waals surface area contributed by atoms with Crippen LogP contribution in [-0.2, 0) is 32.7 Å². The van der Waals surface area contributed by atoms with Gasteiger partial charge in [-0.05, 0) is 70.6 Å². The van der Waals surface area contributed by atoms with E-state index >= 15 is 0 Å². The molecule has 0 radical (unpaired) electrons. The number of rotatable bonds is 43. The number of phosphoric ester groups is 1. The molecule has 0 aliphatic heterocycles. The maximum absolute atomic E-state index is 12.6. The first kappa shape index (κ1) is 57.4. The predicted molar refractivity (Wildman–Crippen MR) is 248 cm³/mol. The average Bonchev–Trinajstić information content (AvgIpc) is 3.23. The smallest absolute Gasteiger partial charge is 0.462 e. The van der Waals surface area contributed by atoms with Crippen LogP contribution in [0.3, 0.4) is 0 Å². The Bertz CT molecular complexity index is 1230. The van der Waals surface area contributed by atoms with Crippen molar-refractivity contribution in [3.05, 3.63) is 72.9 Å². The standard InChI is InChI=1S/C49H86NO9P/c1-3-5-7-9-11-12-13-14-15-16-17-18-19-20-21-22-23-24-29-33-37-41-49(53)59-47(45-58-60(54,55)57-43-42-50)44-56-48(52)40-36-32-28-26-25-27-31-35-39-46(51)38-34-30-10-8-6-4-2/h6,8,14-15,26-28,30-31,34-35,39,46-47,51H,3-5,7,9-13,16-25,29,32-33,36-38,40-45,50H2,1-2H3,(H,54,55)/b8-6-,15-14-,28-26-,31-27-,34-30-,39-35+/t46?,47-/m1/s1. The van der Waals surface area contributed by atoms with Gasteiger partial charge in [0.25, 0.3) is 0 Å². The van der Waals surface area contributed by atoms with Crippen molar-refractivity contribution in [2.45, 2.75) is 199 Å². The van der Waals surface area contributed by atoms with E-state index < -0.39 is 38.6 Å². The van der Waals surface area contributed by atoms with Crippen molar-refractivity contribution in [1.82, 2.24) is 0 Å². The number of esters is 2. The number of aliphatic hydroxyl groups is 1. The number of ether oxygens (including phenoxy) is 2. The van der Waals surface area contributed by atoms with Crippen LogP contribution in [0.5, 0.6) is 0 Å². The third-order valence-electron chi connectivity index (χ3n) is 9.66. The van der Waals surface area contributed by atoms with Crippen molar-refractivity contribution in [3.8, 4) is 0 Å². The third kappa shape index (κ3) is 43.5. The Kier molecular flexibility index (Phi) is 42.5. The minimum absolute atomic E-state index is 0.0337. The molecule has 0 aromatic carbocycles. The van der Waals surface area contributed by atoms with Crippen molar-refractivity contribution >= 4 is 19.8 Å². The van der Waals surface area contributed by atoms with Crippen LogP contribution >= 0.6 is 7.82 Å². The molecule has 10 nitrogen and oxygen atoms in total. The van der Waals surface area contributed by atoms with Gasteiger partial charge in [-0.3, -0.25) is 18.6 Å². The monoisotopic (exact) mass is 864 g/mol. The molecule has 2 unspecified atom stereocenters. The van der Waals surface area contributed by atoms with Crippen LogP contribution in [0.15, 0.2) is 72.9 Å². The van der Waals surface area contributed by atoms with Crippen molar-refractivity contribution < 1.29 is 42.7 Å². The summed E-state index contributed by atoms with van der Waals surface area (Å²) in [5.74, 6) is -0.939. The molecule has 0 amide bonds. The maximum atomic E-state index is 12.6. The number of carbonyl (C=O) groups excluding carboxylic acids is 2. The van der Waals surface area contributed by atoms with Gasteiger partial charge in [0.15, 0.2) is 6.10 Å². The summed E-state index contributed by atoms with van der Waals surface area (Å²) in [7, 11) is -4.41. The van der Waals surface area contributed by atoms with Gasteiger partial charge in [-0.15, -0.1) is 0 Å². The number of hydrogen-bond acceptors (Lipinski definition) is 9. The highest BCUT2D eigenvalue weighted by atomic mass is 31.2. The number of nitrogens with two attached hydrogens (primary N) is 1. The molecule has 60 heavy (non-hydrogen) atoms. The fourth-order valence-corrected chi connectivity index (χ4v) is 6.93. The maximum Gasteiger partial charge on any atom is 0.472 e. The summed E-state index contributed by atoms with van der Waals surface area (Å²) < 4.78 is 32.8. The molecule has 0 aliphatic carbocycles. The van der Waals surface area contributed by atoms with Crippen molar-refractivity contribution in [2.24, 2.45) is 5.73 Å². The molecule has 0 bridgehead atoms. The fraction of sp³-hybridized carbons (Fsp3) is 0.714. The normalized spacial score (nSPS) is 14.4. The largest absolute Gasteiger partial charge is 0.472 e. The lowest BCUT2D eigenvalue weighted by molar-refractivity contribution is -0.161. The number of phosphoric acid groups is 1. The second-order valence-corrected chi connectivity index (χ2v) is 16.9. The third-order valence-corrected chi connectivity index (χ3v) is 10.6. The summed E-state index contributed by atoms with van der Waals surface area (Å²) in [6.07, 6.45) is 51.1. The van der Waals surface area contributed by atoms with Gasteiger partial charge < -0.3 is 25.2 Å². The van der Waals surface area contributed by atoms with Gasteiger partial charge in [0.05, 0.1) is 19.3 Å². The van der Waals surface area contributed by atoms with Crippen LogP contribution in [0, 0.1) is 0 Å². The highest BCUT2D eigenvalue weighted by molar-refractivity contribution is 7.47. The van der Waals surface area contributed by atoms with Gasteiger partial charge in [-0.1, -0.05) is 177 Å². The molecule has 11 heteroatoms. The van der Waals surface area contributed by atoms with E-state index in [1.54, 1.807) is 6.08 Å². The fourth-order valence-electron chi connectivity index (χ4n) is 6.16. The zero-order valence-electron chi connectivity index (χ0n) is 37.8. The van der Waals surface area contributed by atoms with Crippen molar-refractivity contribution in [3.63, 3.8) is 0 Å². The molecular weight excluding hydrogens is 778 g/mol. The molecule has 0 aliphatic rings. The Morgan fingerprint density at radius 3 is 1.77 bits per heavy atom. The van der Waals surface area contributed by atoms with Crippen LogP contribution in [0.1, 0.15) is 187 Å². The summed E-state index contributed by atoms with van der Waals surface area (Å²) in [5, 5.41) is 10.0. The lowest BCUT2D eigenvalue weighted by atomic mass is 10.0. The first-order chi connectivity index (χ1) is 29.2. The van der Waals surface area contributed by atoms with Crippen molar-refractivity contribution in [1.29, 1.82) is 0 Å². The first-order valence-corrected chi connectivity index (χ1v) is 25.0. The highest BCUT2D eigenvalue weighted by Crippen LogP contribution is 2.43. The lowest BCUT2D eigenvalue weighted by Gasteiger charge is -2.19. The lowest BCUT2D eigenvalue weighted by Crippen LogP contribution is -2.29. The summed E-state index contributed by atoms with van der Waals surface area (Å²) in [6.45, 7) is 3.46. The van der Waals surface area contributed by atoms with Gasteiger partial charge in [0.1, 0.15) is 6.61 Å². The van der Waals surface area contributed by atoms with Gasteiger partial charge in [0.2, 0.25) is 0 Å². The Morgan fingerprint density at radius 2 is 1.13 bits per heavy atom. The van der Waals surface area contributed by atoms with Crippen LogP contribution < -0.4 is 5.73 Å². The molecule has 0 saturated carbocycles. The summed E-state index contributed by atoms with van der Waals surface area (Å²) in [6, 6.07) is 0. The molecule has 0 fully saturated rings. The van der Waals surface area contributed by atoms with Gasteiger partial charge >= 0.3 is 19.8 Å². The minimum atomic E-state index is -4.41. The topological polar surface area (TPSA) is 155 Å². The molecule has 0 heterocycles. The Balaban J connectivity index is 4.23. The van der Waals surface area contributed by atoms with Gasteiger partial charge in [-0.25, -0.2) is 4.57 Å². The Morgan fingerprint density at radius 1 is 0.600 bits per heavy atom. The summed E-state index contributed by atoms with van der Waals surface area (Å²) >= 11 is 0. The number of hydrogen-bond donors (Lipinski definition) is 3. The SMILES string of the molecule is CC/C=C\C/C=C\CC(O)/C=C/C=C\C/C=C\CCCC(=O)OC[C@H](COP(=O)(O)OCCN)OC(=O)CCCCCCCCCCCCC/C=C\CCCCCCCC. The molecule has 346 valence electrons. The molecule has 0 spiro atoms. The summed E-state index contributed by atoms with van der Waals surface area (Å²) in [4.78, 5) is 34.9. The van der Waals surface area contributed by atoms with Crippen LogP contribution in [0.25, 0.3) is 0 Å². The minimum Gasteiger partial charge on any atom is -0.462 e. The van der Waals surface area contributed by atoms with E-state index in [0.717, 1.165) is 38.5 Å². The zero-order chi connectivity index (χ0) is 44.0. The highest BCUT2D eigenvalue weighted by Gasteiger charge is 2.26. The zero-order valence-corrected chi connectivity index (χ0v) is 38.7. The predicted octanol–water partition coefficient (Wildman–Crippen LogP) is 12.8. The van der Waals surface area contributed by atoms with Gasteiger partial charge in [0, 0.05) is 19.4 Å². The molecule has 4 N–H and O–H groups in total. The molecular formula is C49H86NO9P. The number of allylic oxidation sites excluding steroid dienone is 10. The molecule has 0 rings (SSSR count). The molecule has 0 aromatic heterocycles. The van der Waals surface area contributed by atoms with E-state index in [9.17, 15) is 24.2 Å². The second kappa shape index (κ2) is 44.5. The van der Waals surface area contributed by atoms with Crippen LogP contribution in [0.2, 0.25) is 0 Å². The quantitative estimate of drug-likeness (QED) is 0.0177.